The Hall–Kier alpha value is -2.28. The summed E-state index contributed by atoms with van der Waals surface area (Å²) in [5, 5.41) is 6.65. The van der Waals surface area contributed by atoms with Crippen molar-refractivity contribution in [3.63, 3.8) is 0 Å². The zero-order chi connectivity index (χ0) is 17.6. The van der Waals surface area contributed by atoms with Crippen molar-refractivity contribution in [2.75, 3.05) is 13.2 Å². The fraction of sp³-hybridized carbons (Fsp3) is 0.500. The molecule has 1 aliphatic carbocycles. The van der Waals surface area contributed by atoms with E-state index >= 15 is 0 Å². The van der Waals surface area contributed by atoms with Gasteiger partial charge in [-0.2, -0.15) is 5.10 Å². The molecule has 1 N–H and O–H groups in total. The number of ether oxygens (including phenoxy) is 1. The highest BCUT2D eigenvalue weighted by atomic mass is 19.1. The van der Waals surface area contributed by atoms with Gasteiger partial charge in [-0.15, -0.1) is 0 Å². The normalized spacial score (nSPS) is 20.4. The number of carbonyl (C=O) groups excluding carboxylic acids is 1. The maximum absolute atomic E-state index is 14.2. The van der Waals surface area contributed by atoms with Crippen molar-refractivity contribution < 1.29 is 13.9 Å². The molecule has 6 nitrogen and oxygen atoms in total. The van der Waals surface area contributed by atoms with Crippen LogP contribution in [0.5, 0.6) is 0 Å². The summed E-state index contributed by atoms with van der Waals surface area (Å²) in [4.78, 5) is 15.9. The summed E-state index contributed by atoms with van der Waals surface area (Å²) in [6, 6.07) is 4.29. The number of hydrogen-bond acceptors (Lipinski definition) is 4. The van der Waals surface area contributed by atoms with E-state index < -0.39 is 5.82 Å². The molecule has 1 aromatic heterocycles. The van der Waals surface area contributed by atoms with Crippen molar-refractivity contribution in [2.24, 2.45) is 5.92 Å². The van der Waals surface area contributed by atoms with Gasteiger partial charge in [-0.3, -0.25) is 4.79 Å². The molecule has 134 valence electrons. The minimum Gasteiger partial charge on any atom is -0.376 e. The van der Waals surface area contributed by atoms with Gasteiger partial charge in [0.15, 0.2) is 0 Å². The van der Waals surface area contributed by atoms with Crippen LogP contribution in [0.4, 0.5) is 4.39 Å². The van der Waals surface area contributed by atoms with Gasteiger partial charge in [0.2, 0.25) is 0 Å². The summed E-state index contributed by atoms with van der Waals surface area (Å²) in [6.45, 7) is 3.09. The van der Waals surface area contributed by atoms with Gasteiger partial charge < -0.3 is 10.1 Å². The molecular weight excluding hydrogens is 323 g/mol. The van der Waals surface area contributed by atoms with Gasteiger partial charge in [0.25, 0.3) is 5.91 Å². The van der Waals surface area contributed by atoms with Gasteiger partial charge >= 0.3 is 0 Å². The second kappa shape index (κ2) is 8.20. The monoisotopic (exact) mass is 346 g/mol. The lowest BCUT2D eigenvalue weighted by Gasteiger charge is -2.28. The van der Waals surface area contributed by atoms with E-state index in [-0.39, 0.29) is 23.3 Å². The molecule has 0 bridgehead atoms. The Bertz CT molecular complexity index is 705. The second-order valence-electron chi connectivity index (χ2n) is 6.43. The van der Waals surface area contributed by atoms with Gasteiger partial charge in [0.05, 0.1) is 12.7 Å². The number of carbonyl (C=O) groups is 1. The van der Waals surface area contributed by atoms with Gasteiger partial charge in [-0.1, -0.05) is 19.8 Å². The molecule has 0 radical (unpaired) electrons. The highest BCUT2D eigenvalue weighted by Crippen LogP contribution is 2.26. The lowest BCUT2D eigenvalue weighted by atomic mass is 9.88. The number of rotatable bonds is 6. The summed E-state index contributed by atoms with van der Waals surface area (Å²) in [7, 11) is 0. The number of nitrogens with zero attached hydrogens (tertiary/aromatic N) is 3. The molecule has 1 saturated carbocycles. The van der Waals surface area contributed by atoms with Crippen molar-refractivity contribution in [3.8, 4) is 5.69 Å². The zero-order valence-electron chi connectivity index (χ0n) is 14.3. The van der Waals surface area contributed by atoms with Crippen LogP contribution < -0.4 is 5.32 Å². The highest BCUT2D eigenvalue weighted by molar-refractivity contribution is 5.94. The SMILES string of the molecule is C[C@H]1CCCC[C@@H]1OCCNC(=O)c1ccc(-n2cncn2)c(F)c1. The summed E-state index contributed by atoms with van der Waals surface area (Å²) >= 11 is 0. The fourth-order valence-electron chi connectivity index (χ4n) is 3.17. The summed E-state index contributed by atoms with van der Waals surface area (Å²) in [6.07, 6.45) is 7.78. The van der Waals surface area contributed by atoms with Crippen LogP contribution in [0.1, 0.15) is 43.0 Å². The van der Waals surface area contributed by atoms with Crippen molar-refractivity contribution in [1.82, 2.24) is 20.1 Å². The van der Waals surface area contributed by atoms with Crippen LogP contribution in [0.15, 0.2) is 30.9 Å². The second-order valence-corrected chi connectivity index (χ2v) is 6.43. The van der Waals surface area contributed by atoms with Crippen LogP contribution in [0.3, 0.4) is 0 Å². The first-order chi connectivity index (χ1) is 12.1. The largest absolute Gasteiger partial charge is 0.376 e. The van der Waals surface area contributed by atoms with Crippen molar-refractivity contribution in [1.29, 1.82) is 0 Å². The van der Waals surface area contributed by atoms with Crippen molar-refractivity contribution >= 4 is 5.91 Å². The molecule has 3 rings (SSSR count). The molecule has 1 heterocycles. The van der Waals surface area contributed by atoms with Crippen LogP contribution in [-0.2, 0) is 4.74 Å². The molecule has 7 heteroatoms. The maximum Gasteiger partial charge on any atom is 0.251 e. The Morgan fingerprint density at radius 1 is 1.40 bits per heavy atom. The predicted molar refractivity (Wildman–Crippen MR) is 91.0 cm³/mol. The molecular formula is C18H23FN4O2. The lowest BCUT2D eigenvalue weighted by Crippen LogP contribution is -2.31. The summed E-state index contributed by atoms with van der Waals surface area (Å²) in [5.41, 5.74) is 0.524. The number of halogens is 1. The predicted octanol–water partition coefficient (Wildman–Crippen LogP) is 2.73. The summed E-state index contributed by atoms with van der Waals surface area (Å²) < 4.78 is 21.3. The molecule has 1 amide bonds. The molecule has 0 unspecified atom stereocenters. The molecule has 0 saturated heterocycles. The first-order valence-corrected chi connectivity index (χ1v) is 8.69. The number of hydrogen-bond donors (Lipinski definition) is 1. The average molecular weight is 346 g/mol. The first-order valence-electron chi connectivity index (χ1n) is 8.69. The van der Waals surface area contributed by atoms with E-state index in [4.69, 9.17) is 4.74 Å². The minimum absolute atomic E-state index is 0.253. The number of aromatic nitrogens is 3. The Morgan fingerprint density at radius 3 is 2.96 bits per heavy atom. The van der Waals surface area contributed by atoms with E-state index in [0.717, 1.165) is 6.42 Å². The smallest absolute Gasteiger partial charge is 0.251 e. The van der Waals surface area contributed by atoms with Crippen LogP contribution in [-0.4, -0.2) is 39.9 Å². The van der Waals surface area contributed by atoms with E-state index in [0.29, 0.717) is 19.1 Å². The van der Waals surface area contributed by atoms with Gasteiger partial charge in [-0.25, -0.2) is 14.1 Å². The van der Waals surface area contributed by atoms with Gasteiger partial charge in [-0.05, 0) is 37.0 Å². The van der Waals surface area contributed by atoms with E-state index in [9.17, 15) is 9.18 Å². The Labute approximate surface area is 146 Å². The fourth-order valence-corrected chi connectivity index (χ4v) is 3.17. The van der Waals surface area contributed by atoms with E-state index in [1.165, 1.54) is 48.7 Å². The summed E-state index contributed by atoms with van der Waals surface area (Å²) in [5.74, 6) is -0.266. The molecule has 1 fully saturated rings. The van der Waals surface area contributed by atoms with Crippen molar-refractivity contribution in [2.45, 2.75) is 38.7 Å². The minimum atomic E-state index is -0.523. The van der Waals surface area contributed by atoms with Crippen LogP contribution in [0.2, 0.25) is 0 Å². The van der Waals surface area contributed by atoms with E-state index in [2.05, 4.69) is 22.3 Å². The number of nitrogens with one attached hydrogen (secondary N) is 1. The van der Waals surface area contributed by atoms with E-state index in [1.54, 1.807) is 6.07 Å². The topological polar surface area (TPSA) is 69.0 Å². The molecule has 1 aromatic carbocycles. The Kier molecular flexibility index (Phi) is 5.75. The molecule has 0 aliphatic heterocycles. The third-order valence-corrected chi connectivity index (χ3v) is 4.63. The zero-order valence-corrected chi connectivity index (χ0v) is 14.3. The third-order valence-electron chi connectivity index (χ3n) is 4.63. The standard InChI is InChI=1S/C18H23FN4O2/c1-13-4-2-3-5-17(13)25-9-8-21-18(24)14-6-7-16(15(19)10-14)23-12-20-11-22-23/h6-7,10-13,17H,2-5,8-9H2,1H3,(H,21,24)/t13-,17-/m0/s1. The number of benzene rings is 1. The number of amides is 1. The van der Waals surface area contributed by atoms with Crippen LogP contribution in [0.25, 0.3) is 5.69 Å². The molecule has 1 aliphatic rings. The van der Waals surface area contributed by atoms with E-state index in [1.807, 2.05) is 0 Å². The molecule has 2 atom stereocenters. The molecule has 0 spiro atoms. The Morgan fingerprint density at radius 2 is 2.24 bits per heavy atom. The van der Waals surface area contributed by atoms with Gasteiger partial charge in [0.1, 0.15) is 24.2 Å². The molecule has 2 aromatic rings. The first kappa shape index (κ1) is 17.5. The van der Waals surface area contributed by atoms with Crippen LogP contribution >= 0.6 is 0 Å². The average Bonchev–Trinajstić information content (AvgIpc) is 3.14. The Balaban J connectivity index is 1.49. The molecule has 25 heavy (non-hydrogen) atoms. The lowest BCUT2D eigenvalue weighted by molar-refractivity contribution is -0.00293. The quantitative estimate of drug-likeness (QED) is 0.817. The highest BCUT2D eigenvalue weighted by Gasteiger charge is 2.21. The third kappa shape index (κ3) is 4.42. The van der Waals surface area contributed by atoms with Crippen LogP contribution in [0, 0.1) is 11.7 Å². The maximum atomic E-state index is 14.2. The van der Waals surface area contributed by atoms with Gasteiger partial charge in [0, 0.05) is 12.1 Å². The van der Waals surface area contributed by atoms with Crippen molar-refractivity contribution in [3.05, 3.63) is 42.2 Å².